The number of anilines is 1. The first-order valence-electron chi connectivity index (χ1n) is 6.00. The highest BCUT2D eigenvalue weighted by Crippen LogP contribution is 2.21. The first kappa shape index (κ1) is 16.6. The first-order chi connectivity index (χ1) is 10.3. The molecule has 0 aromatic heterocycles. The summed E-state index contributed by atoms with van der Waals surface area (Å²) in [6.45, 7) is 0. The molecule has 0 aliphatic carbocycles. The van der Waals surface area contributed by atoms with Crippen molar-refractivity contribution < 1.29 is 22.0 Å². The van der Waals surface area contributed by atoms with E-state index in [1.54, 1.807) is 24.3 Å². The number of halogens is 3. The van der Waals surface area contributed by atoms with Gasteiger partial charge in [-0.25, -0.2) is 8.42 Å². The summed E-state index contributed by atoms with van der Waals surface area (Å²) in [5.74, 6) is -3.87. The van der Waals surface area contributed by atoms with Gasteiger partial charge in [-0.15, -0.1) is 0 Å². The highest BCUT2D eigenvalue weighted by atomic mass is 79.9. The second-order valence-corrected chi connectivity index (χ2v) is 7.13. The number of nitrogens with one attached hydrogen (secondary N) is 1. The van der Waals surface area contributed by atoms with Crippen LogP contribution in [-0.4, -0.2) is 20.1 Å². The van der Waals surface area contributed by atoms with Gasteiger partial charge in [-0.05, 0) is 42.5 Å². The molecular weight excluding hydrogens is 380 g/mol. The Bertz CT molecular complexity index is 792. The molecule has 0 unspecified atom stereocenters. The van der Waals surface area contributed by atoms with Gasteiger partial charge in [-0.2, -0.15) is 8.78 Å². The molecule has 2 rings (SSSR count). The highest BCUT2D eigenvalue weighted by Gasteiger charge is 2.26. The lowest BCUT2D eigenvalue weighted by Gasteiger charge is -2.07. The maximum atomic E-state index is 12.4. The summed E-state index contributed by atoms with van der Waals surface area (Å²) in [6.07, 6.45) is 0. The third kappa shape index (κ3) is 3.69. The molecular formula is C14H10BrF2NO3S. The summed E-state index contributed by atoms with van der Waals surface area (Å²) >= 11 is 3.24. The van der Waals surface area contributed by atoms with Gasteiger partial charge < -0.3 is 5.32 Å². The van der Waals surface area contributed by atoms with E-state index in [2.05, 4.69) is 21.2 Å². The average molecular weight is 390 g/mol. The Morgan fingerprint density at radius 2 is 1.73 bits per heavy atom. The number of hydrogen-bond donors (Lipinski definition) is 1. The zero-order valence-corrected chi connectivity index (χ0v) is 13.4. The fraction of sp³-hybridized carbons (Fsp3) is 0.0714. The monoisotopic (exact) mass is 389 g/mol. The summed E-state index contributed by atoms with van der Waals surface area (Å²) in [6, 6.07) is 11.2. The molecule has 0 aliphatic heterocycles. The van der Waals surface area contributed by atoms with Crippen molar-refractivity contribution in [2.45, 2.75) is 10.7 Å². The number of hydrogen-bond acceptors (Lipinski definition) is 3. The third-order valence-corrected chi connectivity index (χ3v) is 4.65. The van der Waals surface area contributed by atoms with Crippen molar-refractivity contribution in [2.75, 3.05) is 5.32 Å². The fourth-order valence-corrected chi connectivity index (χ4v) is 2.78. The minimum Gasteiger partial charge on any atom is -0.322 e. The average Bonchev–Trinajstić information content (AvgIpc) is 2.47. The molecule has 0 radical (unpaired) electrons. The minimum absolute atomic E-state index is 0.304. The van der Waals surface area contributed by atoms with Gasteiger partial charge in [0.2, 0.25) is 9.84 Å². The zero-order valence-electron chi connectivity index (χ0n) is 11.0. The van der Waals surface area contributed by atoms with Crippen LogP contribution in [0.15, 0.2) is 57.9 Å². The van der Waals surface area contributed by atoms with Crippen LogP contribution in [0.4, 0.5) is 14.5 Å². The Morgan fingerprint density at radius 1 is 1.09 bits per heavy atom. The molecule has 1 amide bonds. The van der Waals surface area contributed by atoms with E-state index in [0.717, 1.165) is 16.6 Å². The van der Waals surface area contributed by atoms with Crippen molar-refractivity contribution >= 4 is 37.4 Å². The van der Waals surface area contributed by atoms with Crippen LogP contribution in [0, 0.1) is 0 Å². The summed E-state index contributed by atoms with van der Waals surface area (Å²) in [4.78, 5) is 11.5. The van der Waals surface area contributed by atoms with Gasteiger partial charge in [0.1, 0.15) is 0 Å². The molecule has 0 aliphatic rings. The predicted octanol–water partition coefficient (Wildman–Crippen LogP) is 3.70. The Labute approximate surface area is 134 Å². The smallest absolute Gasteiger partial charge is 0.322 e. The van der Waals surface area contributed by atoms with Gasteiger partial charge >= 0.3 is 5.76 Å². The number of carbonyl (C=O) groups excluding carboxylic acids is 1. The molecule has 2 aromatic carbocycles. The highest BCUT2D eigenvalue weighted by molar-refractivity contribution is 9.10. The van der Waals surface area contributed by atoms with Gasteiger partial charge in [-0.1, -0.05) is 22.0 Å². The lowest BCUT2D eigenvalue weighted by atomic mass is 10.2. The van der Waals surface area contributed by atoms with Crippen molar-refractivity contribution in [1.82, 2.24) is 0 Å². The normalized spacial score (nSPS) is 11.5. The van der Waals surface area contributed by atoms with E-state index < -0.39 is 26.4 Å². The van der Waals surface area contributed by atoms with E-state index in [-0.39, 0.29) is 0 Å². The van der Waals surface area contributed by atoms with E-state index in [1.165, 1.54) is 12.1 Å². The van der Waals surface area contributed by atoms with Crippen LogP contribution in [0.3, 0.4) is 0 Å². The number of sulfone groups is 1. The molecule has 0 saturated carbocycles. The Kier molecular flexibility index (Phi) is 4.92. The lowest BCUT2D eigenvalue weighted by Crippen LogP contribution is -2.13. The molecule has 0 fully saturated rings. The van der Waals surface area contributed by atoms with E-state index in [1.807, 2.05) is 0 Å². The Hall–Kier alpha value is -1.80. The molecule has 4 nitrogen and oxygen atoms in total. The largest absolute Gasteiger partial charge is 0.341 e. The Balaban J connectivity index is 2.17. The molecule has 0 atom stereocenters. The second-order valence-electron chi connectivity index (χ2n) is 4.29. The number of carbonyl (C=O) groups is 1. The number of alkyl halides is 2. The lowest BCUT2D eigenvalue weighted by molar-refractivity contribution is 0.102. The van der Waals surface area contributed by atoms with Crippen molar-refractivity contribution in [3.8, 4) is 0 Å². The summed E-state index contributed by atoms with van der Waals surface area (Å²) in [5, 5.41) is 2.55. The maximum Gasteiger partial charge on any atom is 0.341 e. The van der Waals surface area contributed by atoms with Crippen LogP contribution in [0.1, 0.15) is 10.4 Å². The molecule has 116 valence electrons. The van der Waals surface area contributed by atoms with Crippen LogP contribution in [0.2, 0.25) is 0 Å². The van der Waals surface area contributed by atoms with Crippen LogP contribution in [0.25, 0.3) is 0 Å². The predicted molar refractivity (Wildman–Crippen MR) is 81.7 cm³/mol. The molecule has 0 spiro atoms. The maximum absolute atomic E-state index is 12.4. The molecule has 22 heavy (non-hydrogen) atoms. The first-order valence-corrected chi connectivity index (χ1v) is 8.33. The van der Waals surface area contributed by atoms with Crippen molar-refractivity contribution in [1.29, 1.82) is 0 Å². The molecule has 0 heterocycles. The fourth-order valence-electron chi connectivity index (χ4n) is 1.66. The number of benzene rings is 2. The summed E-state index contributed by atoms with van der Waals surface area (Å²) in [5.41, 5.74) is 0.705. The van der Waals surface area contributed by atoms with E-state index >= 15 is 0 Å². The van der Waals surface area contributed by atoms with Gasteiger partial charge in [0.15, 0.2) is 0 Å². The SMILES string of the molecule is O=C(Nc1ccc(S(=O)(=O)C(F)F)cc1)c1cccc(Br)c1. The topological polar surface area (TPSA) is 63.2 Å². The van der Waals surface area contributed by atoms with Gasteiger partial charge in [-0.3, -0.25) is 4.79 Å². The van der Waals surface area contributed by atoms with Gasteiger partial charge in [0.25, 0.3) is 5.91 Å². The molecule has 0 bridgehead atoms. The van der Waals surface area contributed by atoms with E-state index in [4.69, 9.17) is 0 Å². The van der Waals surface area contributed by atoms with Crippen LogP contribution >= 0.6 is 15.9 Å². The zero-order chi connectivity index (χ0) is 16.3. The number of amides is 1. The third-order valence-electron chi connectivity index (χ3n) is 2.76. The summed E-state index contributed by atoms with van der Waals surface area (Å²) < 4.78 is 48.1. The van der Waals surface area contributed by atoms with Crippen molar-refractivity contribution in [3.63, 3.8) is 0 Å². The molecule has 2 aromatic rings. The van der Waals surface area contributed by atoms with Crippen molar-refractivity contribution in [3.05, 3.63) is 58.6 Å². The Morgan fingerprint density at radius 3 is 2.27 bits per heavy atom. The van der Waals surface area contributed by atoms with E-state index in [9.17, 15) is 22.0 Å². The standard InChI is InChI=1S/C14H10BrF2NO3S/c15-10-3-1-2-9(8-10)13(19)18-11-4-6-12(7-5-11)22(20,21)14(16)17/h1-8,14H,(H,18,19). The van der Waals surface area contributed by atoms with Crippen molar-refractivity contribution in [2.24, 2.45) is 0 Å². The number of rotatable bonds is 4. The molecule has 8 heteroatoms. The minimum atomic E-state index is -4.63. The quantitative estimate of drug-likeness (QED) is 0.866. The summed E-state index contributed by atoms with van der Waals surface area (Å²) in [7, 11) is -4.63. The van der Waals surface area contributed by atoms with Gasteiger partial charge in [0, 0.05) is 15.7 Å². The van der Waals surface area contributed by atoms with Crippen LogP contribution in [-0.2, 0) is 9.84 Å². The second kappa shape index (κ2) is 6.53. The van der Waals surface area contributed by atoms with Gasteiger partial charge in [0.05, 0.1) is 4.90 Å². The molecule has 0 saturated heterocycles. The molecule has 1 N–H and O–H groups in total. The van der Waals surface area contributed by atoms with Crippen LogP contribution in [0.5, 0.6) is 0 Å². The van der Waals surface area contributed by atoms with E-state index in [0.29, 0.717) is 11.3 Å². The van der Waals surface area contributed by atoms with Crippen LogP contribution < -0.4 is 5.32 Å².